The highest BCUT2D eigenvalue weighted by Gasteiger charge is 2.10. The smallest absolute Gasteiger partial charge is 0.0361 e. The Labute approximate surface area is 127 Å². The second-order valence-electron chi connectivity index (χ2n) is 6.15. The first-order valence-electron chi connectivity index (χ1n) is 7.74. The lowest BCUT2D eigenvalue weighted by atomic mass is 9.95. The van der Waals surface area contributed by atoms with E-state index in [9.17, 15) is 0 Å². The van der Waals surface area contributed by atoms with Gasteiger partial charge in [-0.15, -0.1) is 0 Å². The van der Waals surface area contributed by atoms with Gasteiger partial charge in [0.05, 0.1) is 0 Å². The molecule has 0 atom stereocenters. The van der Waals surface area contributed by atoms with Crippen molar-refractivity contribution in [1.29, 1.82) is 0 Å². The fourth-order valence-electron chi connectivity index (χ4n) is 2.96. The Morgan fingerprint density at radius 3 is 1.86 bits per heavy atom. The molecule has 1 heteroatoms. The van der Waals surface area contributed by atoms with Gasteiger partial charge in [0.1, 0.15) is 0 Å². The first kappa shape index (κ1) is 13.9. The molecule has 0 radical (unpaired) electrons. The molecule has 0 aliphatic heterocycles. The first-order valence-corrected chi connectivity index (χ1v) is 7.74. The number of allylic oxidation sites excluding steroid dienone is 2. The molecule has 0 bridgehead atoms. The quantitative estimate of drug-likeness (QED) is 0.716. The Balaban J connectivity index is 1.71. The number of rotatable bonds is 4. The summed E-state index contributed by atoms with van der Waals surface area (Å²) in [5.74, 6) is 0.815. The Hall–Kier alpha value is -2.02. The summed E-state index contributed by atoms with van der Waals surface area (Å²) >= 11 is 0. The van der Waals surface area contributed by atoms with Gasteiger partial charge in [-0.3, -0.25) is 0 Å². The van der Waals surface area contributed by atoms with Crippen LogP contribution < -0.4 is 4.90 Å². The van der Waals surface area contributed by atoms with E-state index in [2.05, 4.69) is 79.7 Å². The van der Waals surface area contributed by atoms with Gasteiger partial charge >= 0.3 is 0 Å². The van der Waals surface area contributed by atoms with Crippen LogP contribution in [-0.2, 0) is 6.42 Å². The van der Waals surface area contributed by atoms with Gasteiger partial charge in [-0.1, -0.05) is 48.6 Å². The highest BCUT2D eigenvalue weighted by molar-refractivity contribution is 5.66. The maximum Gasteiger partial charge on any atom is 0.0361 e. The maximum atomic E-state index is 2.31. The van der Waals surface area contributed by atoms with Crippen molar-refractivity contribution in [3.8, 4) is 11.1 Å². The predicted octanol–water partition coefficient (Wildman–Crippen LogP) is 4.93. The van der Waals surface area contributed by atoms with Gasteiger partial charge in [-0.05, 0) is 54.0 Å². The lowest BCUT2D eigenvalue weighted by molar-refractivity contribution is 0.567. The molecular formula is C20H23N. The standard InChI is InChI=1S/C20H23N/c1-21(2)20-13-11-19(12-14-20)18-9-7-17(8-10-18)15-16-5-3-4-6-16/h3-4,7-14,16H,5-6,15H2,1-2H3. The van der Waals surface area contributed by atoms with Crippen LogP contribution in [0.15, 0.2) is 60.7 Å². The molecule has 0 amide bonds. The van der Waals surface area contributed by atoms with E-state index in [-0.39, 0.29) is 0 Å². The van der Waals surface area contributed by atoms with Gasteiger partial charge in [0.15, 0.2) is 0 Å². The summed E-state index contributed by atoms with van der Waals surface area (Å²) in [7, 11) is 4.14. The van der Waals surface area contributed by atoms with Crippen molar-refractivity contribution in [2.75, 3.05) is 19.0 Å². The highest BCUT2D eigenvalue weighted by Crippen LogP contribution is 2.26. The van der Waals surface area contributed by atoms with Gasteiger partial charge in [0.25, 0.3) is 0 Å². The normalized spacial score (nSPS) is 14.6. The fourth-order valence-corrected chi connectivity index (χ4v) is 2.96. The van der Waals surface area contributed by atoms with E-state index in [1.54, 1.807) is 0 Å². The molecule has 108 valence electrons. The molecule has 21 heavy (non-hydrogen) atoms. The van der Waals surface area contributed by atoms with E-state index in [0.29, 0.717) is 0 Å². The molecule has 1 nitrogen and oxygen atoms in total. The second kappa shape index (κ2) is 6.17. The third kappa shape index (κ3) is 3.36. The summed E-state index contributed by atoms with van der Waals surface area (Å²) in [5.41, 5.74) is 5.28. The minimum Gasteiger partial charge on any atom is -0.378 e. The van der Waals surface area contributed by atoms with Crippen LogP contribution in [0.4, 0.5) is 5.69 Å². The Kier molecular flexibility index (Phi) is 4.10. The van der Waals surface area contributed by atoms with Crippen LogP contribution in [0.3, 0.4) is 0 Å². The molecule has 2 aromatic carbocycles. The molecule has 0 saturated carbocycles. The number of benzene rings is 2. The molecule has 1 aliphatic rings. The summed E-state index contributed by atoms with van der Waals surface area (Å²) in [6.07, 6.45) is 8.31. The summed E-state index contributed by atoms with van der Waals surface area (Å²) in [6, 6.07) is 17.8. The minimum absolute atomic E-state index is 0.815. The van der Waals surface area contributed by atoms with Crippen molar-refractivity contribution in [1.82, 2.24) is 0 Å². The van der Waals surface area contributed by atoms with Crippen LogP contribution in [0.5, 0.6) is 0 Å². The first-order chi connectivity index (χ1) is 10.2. The van der Waals surface area contributed by atoms with Gasteiger partial charge in [-0.2, -0.15) is 0 Å². The zero-order chi connectivity index (χ0) is 14.7. The van der Waals surface area contributed by atoms with Crippen LogP contribution in [0.25, 0.3) is 11.1 Å². The molecular weight excluding hydrogens is 254 g/mol. The monoisotopic (exact) mass is 277 g/mol. The van der Waals surface area contributed by atoms with Gasteiger partial charge in [0.2, 0.25) is 0 Å². The third-order valence-electron chi connectivity index (χ3n) is 4.30. The lowest BCUT2D eigenvalue weighted by Gasteiger charge is -2.13. The minimum atomic E-state index is 0.815. The fraction of sp³-hybridized carbons (Fsp3) is 0.300. The van der Waals surface area contributed by atoms with E-state index in [4.69, 9.17) is 0 Å². The van der Waals surface area contributed by atoms with E-state index in [1.165, 1.54) is 41.6 Å². The Morgan fingerprint density at radius 2 is 1.33 bits per heavy atom. The van der Waals surface area contributed by atoms with E-state index in [0.717, 1.165) is 5.92 Å². The SMILES string of the molecule is CN(C)c1ccc(-c2ccc(CC3CC=CC3)cc2)cc1. The van der Waals surface area contributed by atoms with Crippen molar-refractivity contribution in [3.05, 3.63) is 66.2 Å². The zero-order valence-electron chi connectivity index (χ0n) is 12.9. The molecule has 0 fully saturated rings. The average molecular weight is 277 g/mol. The molecule has 0 aromatic heterocycles. The predicted molar refractivity (Wildman–Crippen MR) is 91.8 cm³/mol. The number of hydrogen-bond acceptors (Lipinski definition) is 1. The Morgan fingerprint density at radius 1 is 0.810 bits per heavy atom. The van der Waals surface area contributed by atoms with Crippen LogP contribution in [-0.4, -0.2) is 14.1 Å². The van der Waals surface area contributed by atoms with Gasteiger partial charge in [0, 0.05) is 19.8 Å². The topological polar surface area (TPSA) is 3.24 Å². The third-order valence-corrected chi connectivity index (χ3v) is 4.30. The van der Waals surface area contributed by atoms with E-state index >= 15 is 0 Å². The molecule has 3 rings (SSSR count). The van der Waals surface area contributed by atoms with Crippen molar-refractivity contribution in [2.24, 2.45) is 5.92 Å². The van der Waals surface area contributed by atoms with Gasteiger partial charge in [-0.25, -0.2) is 0 Å². The summed E-state index contributed by atoms with van der Waals surface area (Å²) < 4.78 is 0. The highest BCUT2D eigenvalue weighted by atomic mass is 15.1. The molecule has 2 aromatic rings. The molecule has 1 aliphatic carbocycles. The van der Waals surface area contributed by atoms with Crippen molar-refractivity contribution < 1.29 is 0 Å². The summed E-state index contributed by atoms with van der Waals surface area (Å²) in [5, 5.41) is 0. The van der Waals surface area contributed by atoms with Crippen molar-refractivity contribution in [2.45, 2.75) is 19.3 Å². The molecule has 0 heterocycles. The van der Waals surface area contributed by atoms with Crippen LogP contribution in [0.1, 0.15) is 18.4 Å². The maximum absolute atomic E-state index is 2.31. The molecule has 0 spiro atoms. The average Bonchev–Trinajstić information content (AvgIpc) is 3.01. The van der Waals surface area contributed by atoms with Gasteiger partial charge < -0.3 is 4.90 Å². The molecule has 0 saturated heterocycles. The number of hydrogen-bond donors (Lipinski definition) is 0. The number of nitrogens with zero attached hydrogens (tertiary/aromatic N) is 1. The van der Waals surface area contributed by atoms with E-state index < -0.39 is 0 Å². The summed E-state index contributed by atoms with van der Waals surface area (Å²) in [4.78, 5) is 2.13. The zero-order valence-corrected chi connectivity index (χ0v) is 12.9. The lowest BCUT2D eigenvalue weighted by Crippen LogP contribution is -2.07. The van der Waals surface area contributed by atoms with Crippen LogP contribution in [0, 0.1) is 5.92 Å². The van der Waals surface area contributed by atoms with Crippen LogP contribution in [0.2, 0.25) is 0 Å². The largest absolute Gasteiger partial charge is 0.378 e. The van der Waals surface area contributed by atoms with E-state index in [1.807, 2.05) is 0 Å². The molecule has 0 N–H and O–H groups in total. The molecule has 0 unspecified atom stereocenters. The van der Waals surface area contributed by atoms with Crippen molar-refractivity contribution in [3.63, 3.8) is 0 Å². The van der Waals surface area contributed by atoms with Crippen LogP contribution >= 0.6 is 0 Å². The van der Waals surface area contributed by atoms with Crippen molar-refractivity contribution >= 4 is 5.69 Å². The second-order valence-corrected chi connectivity index (χ2v) is 6.15. The Bertz CT molecular complexity index is 597. The summed E-state index contributed by atoms with van der Waals surface area (Å²) in [6.45, 7) is 0. The number of anilines is 1.